The van der Waals surface area contributed by atoms with Gasteiger partial charge >= 0.3 is 0 Å². The van der Waals surface area contributed by atoms with Gasteiger partial charge in [-0.25, -0.2) is 0 Å². The molecule has 4 nitrogen and oxygen atoms in total. The fourth-order valence-corrected chi connectivity index (χ4v) is 1.40. The molecule has 1 unspecified atom stereocenters. The van der Waals surface area contributed by atoms with Gasteiger partial charge in [-0.3, -0.25) is 4.18 Å². The van der Waals surface area contributed by atoms with Crippen LogP contribution in [-0.2, 0) is 19.0 Å². The van der Waals surface area contributed by atoms with E-state index in [9.17, 15) is 8.42 Å². The maximum absolute atomic E-state index is 10.7. The largest absolute Gasteiger partial charge is 0.379 e. The monoisotopic (exact) mass is 196 g/mol. The van der Waals surface area contributed by atoms with Gasteiger partial charge in [0.15, 0.2) is 0 Å². The lowest BCUT2D eigenvalue weighted by atomic mass is 10.3. The smallest absolute Gasteiger partial charge is 0.264 e. The zero-order valence-electron chi connectivity index (χ0n) is 7.74. The first-order chi connectivity index (χ1) is 5.49. The van der Waals surface area contributed by atoms with E-state index in [0.717, 1.165) is 6.26 Å². The summed E-state index contributed by atoms with van der Waals surface area (Å²) in [7, 11) is -3.35. The van der Waals surface area contributed by atoms with Gasteiger partial charge in [0.05, 0.1) is 12.9 Å². The van der Waals surface area contributed by atoms with Gasteiger partial charge in [0.25, 0.3) is 10.1 Å². The molecule has 0 saturated carbocycles. The molecule has 74 valence electrons. The Labute approximate surface area is 74.0 Å². The van der Waals surface area contributed by atoms with Crippen molar-refractivity contribution in [3.05, 3.63) is 0 Å². The molecule has 0 N–H and O–H groups in total. The Morgan fingerprint density at radius 1 is 1.33 bits per heavy atom. The highest BCUT2D eigenvalue weighted by Crippen LogP contribution is 2.02. The molecule has 0 heterocycles. The highest BCUT2D eigenvalue weighted by Gasteiger charge is 2.12. The summed E-state index contributed by atoms with van der Waals surface area (Å²) in [5.74, 6) is 0. The van der Waals surface area contributed by atoms with E-state index in [1.54, 1.807) is 0 Å². The summed E-state index contributed by atoms with van der Waals surface area (Å²) in [6, 6.07) is 0. The molecule has 0 aliphatic heterocycles. The molecule has 0 rings (SSSR count). The lowest BCUT2D eigenvalue weighted by Crippen LogP contribution is -2.22. The van der Waals surface area contributed by atoms with Crippen molar-refractivity contribution in [1.29, 1.82) is 0 Å². The van der Waals surface area contributed by atoms with Crippen LogP contribution in [0.2, 0.25) is 0 Å². The van der Waals surface area contributed by atoms with Crippen LogP contribution in [0.3, 0.4) is 0 Å². The quantitative estimate of drug-likeness (QED) is 0.589. The fraction of sp³-hybridized carbons (Fsp3) is 1.00. The summed E-state index contributed by atoms with van der Waals surface area (Å²) in [5.41, 5.74) is 0. The Morgan fingerprint density at radius 2 is 1.92 bits per heavy atom. The van der Waals surface area contributed by atoms with Crippen molar-refractivity contribution in [3.8, 4) is 0 Å². The Bertz CT molecular complexity index is 197. The molecule has 0 aliphatic carbocycles. The SMILES string of the molecule is CCOCC(CC)OS(C)(=O)=O. The molecule has 1 atom stereocenters. The van der Waals surface area contributed by atoms with Crippen LogP contribution in [0.15, 0.2) is 0 Å². The van der Waals surface area contributed by atoms with Gasteiger partial charge in [-0.15, -0.1) is 0 Å². The van der Waals surface area contributed by atoms with E-state index in [0.29, 0.717) is 19.6 Å². The van der Waals surface area contributed by atoms with Gasteiger partial charge < -0.3 is 4.74 Å². The van der Waals surface area contributed by atoms with E-state index in [1.807, 2.05) is 13.8 Å². The number of ether oxygens (including phenoxy) is 1. The topological polar surface area (TPSA) is 52.6 Å². The van der Waals surface area contributed by atoms with Crippen molar-refractivity contribution in [3.63, 3.8) is 0 Å². The van der Waals surface area contributed by atoms with Crippen molar-refractivity contribution in [1.82, 2.24) is 0 Å². The number of hydrogen-bond donors (Lipinski definition) is 0. The van der Waals surface area contributed by atoms with Gasteiger partial charge in [0.1, 0.15) is 6.10 Å². The van der Waals surface area contributed by atoms with Gasteiger partial charge in [-0.2, -0.15) is 8.42 Å². The second-order valence-electron chi connectivity index (χ2n) is 2.49. The highest BCUT2D eigenvalue weighted by molar-refractivity contribution is 7.86. The minimum atomic E-state index is -3.35. The van der Waals surface area contributed by atoms with Crippen molar-refractivity contribution in [2.45, 2.75) is 26.4 Å². The van der Waals surface area contributed by atoms with Crippen LogP contribution in [-0.4, -0.2) is 34.0 Å². The third-order valence-electron chi connectivity index (χ3n) is 1.27. The molecule has 12 heavy (non-hydrogen) atoms. The van der Waals surface area contributed by atoms with Crippen LogP contribution in [0.1, 0.15) is 20.3 Å². The van der Waals surface area contributed by atoms with Crippen molar-refractivity contribution >= 4 is 10.1 Å². The Kier molecular flexibility index (Phi) is 5.44. The van der Waals surface area contributed by atoms with E-state index >= 15 is 0 Å². The minimum Gasteiger partial charge on any atom is -0.379 e. The molecule has 0 amide bonds. The summed E-state index contributed by atoms with van der Waals surface area (Å²) < 4.78 is 31.2. The Balaban J connectivity index is 3.83. The summed E-state index contributed by atoms with van der Waals surface area (Å²) >= 11 is 0. The van der Waals surface area contributed by atoms with Crippen molar-refractivity contribution in [2.24, 2.45) is 0 Å². The molecular weight excluding hydrogens is 180 g/mol. The predicted octanol–water partition coefficient (Wildman–Crippen LogP) is 0.778. The van der Waals surface area contributed by atoms with E-state index < -0.39 is 10.1 Å². The lowest BCUT2D eigenvalue weighted by molar-refractivity contribution is 0.0587. The zero-order valence-corrected chi connectivity index (χ0v) is 8.56. The normalized spacial score (nSPS) is 14.6. The van der Waals surface area contributed by atoms with Crippen LogP contribution in [0.5, 0.6) is 0 Å². The molecule has 0 spiro atoms. The molecule has 0 saturated heterocycles. The molecule has 0 fully saturated rings. The molecule has 5 heteroatoms. The minimum absolute atomic E-state index is 0.333. The molecule has 0 aromatic heterocycles. The maximum atomic E-state index is 10.7. The standard InChI is InChI=1S/C7H16O4S/c1-4-7(6-10-5-2)11-12(3,8)9/h7H,4-6H2,1-3H3. The summed E-state index contributed by atoms with van der Waals surface area (Å²) in [4.78, 5) is 0. The Hall–Kier alpha value is -0.130. The van der Waals surface area contributed by atoms with Crippen molar-refractivity contribution < 1.29 is 17.3 Å². The summed E-state index contributed by atoms with van der Waals surface area (Å²) in [6.07, 6.45) is 1.33. The average Bonchev–Trinajstić information content (AvgIpc) is 1.95. The molecule has 0 aromatic carbocycles. The third-order valence-corrected chi connectivity index (χ3v) is 1.90. The van der Waals surface area contributed by atoms with E-state index in [4.69, 9.17) is 8.92 Å². The first kappa shape index (κ1) is 11.9. The van der Waals surface area contributed by atoms with Gasteiger partial charge in [-0.1, -0.05) is 6.92 Å². The van der Waals surface area contributed by atoms with Crippen LogP contribution in [0.4, 0.5) is 0 Å². The molecule has 0 radical (unpaired) electrons. The van der Waals surface area contributed by atoms with Gasteiger partial charge in [-0.05, 0) is 13.3 Å². The zero-order chi connectivity index (χ0) is 9.61. The maximum Gasteiger partial charge on any atom is 0.264 e. The van der Waals surface area contributed by atoms with E-state index in [1.165, 1.54) is 0 Å². The first-order valence-electron chi connectivity index (χ1n) is 3.95. The first-order valence-corrected chi connectivity index (χ1v) is 5.77. The number of rotatable bonds is 6. The summed E-state index contributed by atoms with van der Waals surface area (Å²) in [6.45, 7) is 4.62. The fourth-order valence-electron chi connectivity index (χ4n) is 0.710. The molecular formula is C7H16O4S. The molecule has 0 aromatic rings. The number of hydrogen-bond acceptors (Lipinski definition) is 4. The summed E-state index contributed by atoms with van der Waals surface area (Å²) in [5, 5.41) is 0. The van der Waals surface area contributed by atoms with E-state index in [2.05, 4.69) is 0 Å². The van der Waals surface area contributed by atoms with Crippen LogP contribution >= 0.6 is 0 Å². The van der Waals surface area contributed by atoms with Crippen LogP contribution in [0, 0.1) is 0 Å². The molecule has 0 bridgehead atoms. The van der Waals surface area contributed by atoms with Crippen LogP contribution in [0.25, 0.3) is 0 Å². The van der Waals surface area contributed by atoms with Crippen molar-refractivity contribution in [2.75, 3.05) is 19.5 Å². The average molecular weight is 196 g/mol. The predicted molar refractivity (Wildman–Crippen MR) is 46.5 cm³/mol. The molecule has 0 aliphatic rings. The van der Waals surface area contributed by atoms with Crippen LogP contribution < -0.4 is 0 Å². The van der Waals surface area contributed by atoms with Gasteiger partial charge in [0.2, 0.25) is 0 Å². The third kappa shape index (κ3) is 6.57. The Morgan fingerprint density at radius 3 is 2.25 bits per heavy atom. The van der Waals surface area contributed by atoms with E-state index in [-0.39, 0.29) is 6.10 Å². The van der Waals surface area contributed by atoms with Gasteiger partial charge in [0, 0.05) is 6.61 Å². The highest BCUT2D eigenvalue weighted by atomic mass is 32.2. The second-order valence-corrected chi connectivity index (χ2v) is 4.09. The lowest BCUT2D eigenvalue weighted by Gasteiger charge is -2.13. The second kappa shape index (κ2) is 5.50.